The van der Waals surface area contributed by atoms with Gasteiger partial charge in [0, 0.05) is 36.6 Å². The summed E-state index contributed by atoms with van der Waals surface area (Å²) in [4.78, 5) is 6.88. The molecule has 116 valence electrons. The molecular formula is C14H22IN5S. The maximum atomic E-state index is 4.22. The van der Waals surface area contributed by atoms with E-state index in [0.29, 0.717) is 0 Å². The van der Waals surface area contributed by atoms with Gasteiger partial charge in [-0.1, -0.05) is 0 Å². The number of guanidine groups is 1. The number of hydrogen-bond acceptors (Lipinski definition) is 3. The Bertz CT molecular complexity index is 575. The summed E-state index contributed by atoms with van der Waals surface area (Å²) in [6.07, 6.45) is 4.87. The minimum atomic E-state index is 0. The molecule has 0 spiro atoms. The van der Waals surface area contributed by atoms with Crippen LogP contribution < -0.4 is 10.6 Å². The molecule has 0 amide bonds. The zero-order valence-corrected chi connectivity index (χ0v) is 15.7. The van der Waals surface area contributed by atoms with Crippen molar-refractivity contribution in [1.29, 1.82) is 0 Å². The van der Waals surface area contributed by atoms with Crippen molar-refractivity contribution in [3.8, 4) is 0 Å². The number of thiophene rings is 1. The molecule has 0 aliphatic carbocycles. The van der Waals surface area contributed by atoms with Crippen LogP contribution in [-0.4, -0.2) is 29.3 Å². The highest BCUT2D eigenvalue weighted by atomic mass is 127. The lowest BCUT2D eigenvalue weighted by Gasteiger charge is -2.10. The summed E-state index contributed by atoms with van der Waals surface area (Å²) in [5.74, 6) is 0.833. The number of aromatic nitrogens is 2. The quantitative estimate of drug-likeness (QED) is 0.445. The molecule has 0 fully saturated rings. The third-order valence-corrected chi connectivity index (χ3v) is 3.91. The van der Waals surface area contributed by atoms with Gasteiger partial charge in [-0.25, -0.2) is 0 Å². The van der Waals surface area contributed by atoms with Gasteiger partial charge in [-0.15, -0.1) is 35.3 Å². The summed E-state index contributed by atoms with van der Waals surface area (Å²) >= 11 is 1.81. The SMILES string of the molecule is CN=C(NCCc1cnn(C)c1)NCc1ccc(C)s1.I. The van der Waals surface area contributed by atoms with E-state index in [4.69, 9.17) is 0 Å². The molecule has 0 atom stereocenters. The van der Waals surface area contributed by atoms with Gasteiger partial charge in [0.05, 0.1) is 12.7 Å². The second-order valence-corrected chi connectivity index (χ2v) is 6.01. The van der Waals surface area contributed by atoms with E-state index in [-0.39, 0.29) is 24.0 Å². The maximum absolute atomic E-state index is 4.22. The molecule has 0 bridgehead atoms. The van der Waals surface area contributed by atoms with Crippen LogP contribution in [0.2, 0.25) is 0 Å². The van der Waals surface area contributed by atoms with E-state index < -0.39 is 0 Å². The number of aryl methyl sites for hydroxylation is 2. The molecule has 0 aromatic carbocycles. The number of halogens is 1. The van der Waals surface area contributed by atoms with Crippen molar-refractivity contribution in [2.24, 2.45) is 12.0 Å². The van der Waals surface area contributed by atoms with Crippen LogP contribution in [0.1, 0.15) is 15.3 Å². The van der Waals surface area contributed by atoms with Gasteiger partial charge in [-0.05, 0) is 31.0 Å². The van der Waals surface area contributed by atoms with Crippen molar-refractivity contribution in [3.05, 3.63) is 39.8 Å². The second-order valence-electron chi connectivity index (χ2n) is 4.64. The highest BCUT2D eigenvalue weighted by Crippen LogP contribution is 2.14. The molecule has 0 radical (unpaired) electrons. The Morgan fingerprint density at radius 3 is 2.76 bits per heavy atom. The first-order chi connectivity index (χ1) is 9.67. The molecule has 0 aliphatic rings. The number of aliphatic imine (C=N–C) groups is 1. The Morgan fingerprint density at radius 2 is 2.19 bits per heavy atom. The Labute approximate surface area is 146 Å². The second kappa shape index (κ2) is 9.04. The van der Waals surface area contributed by atoms with Crippen LogP contribution in [-0.2, 0) is 20.0 Å². The monoisotopic (exact) mass is 419 g/mol. The average molecular weight is 419 g/mol. The highest BCUT2D eigenvalue weighted by Gasteiger charge is 2.01. The molecule has 5 nitrogen and oxygen atoms in total. The number of nitrogens with zero attached hydrogens (tertiary/aromatic N) is 3. The Balaban J connectivity index is 0.00000220. The first-order valence-electron chi connectivity index (χ1n) is 6.64. The molecule has 2 rings (SSSR count). The van der Waals surface area contributed by atoms with Crippen molar-refractivity contribution in [3.63, 3.8) is 0 Å². The summed E-state index contributed by atoms with van der Waals surface area (Å²) < 4.78 is 1.82. The molecular weight excluding hydrogens is 397 g/mol. The van der Waals surface area contributed by atoms with E-state index in [0.717, 1.165) is 25.5 Å². The van der Waals surface area contributed by atoms with E-state index in [1.54, 1.807) is 7.05 Å². The van der Waals surface area contributed by atoms with E-state index in [9.17, 15) is 0 Å². The number of rotatable bonds is 5. The maximum Gasteiger partial charge on any atom is 0.191 e. The summed E-state index contributed by atoms with van der Waals surface area (Å²) in [6, 6.07) is 4.29. The van der Waals surface area contributed by atoms with Crippen molar-refractivity contribution in [2.75, 3.05) is 13.6 Å². The molecule has 21 heavy (non-hydrogen) atoms. The summed E-state index contributed by atoms with van der Waals surface area (Å²) in [6.45, 7) is 3.77. The van der Waals surface area contributed by atoms with Gasteiger partial charge in [0.1, 0.15) is 0 Å². The fourth-order valence-electron chi connectivity index (χ4n) is 1.90. The van der Waals surface area contributed by atoms with Crippen LogP contribution >= 0.6 is 35.3 Å². The van der Waals surface area contributed by atoms with Gasteiger partial charge in [0.15, 0.2) is 5.96 Å². The van der Waals surface area contributed by atoms with Crippen molar-refractivity contribution in [1.82, 2.24) is 20.4 Å². The number of hydrogen-bond donors (Lipinski definition) is 2. The van der Waals surface area contributed by atoms with Crippen LogP contribution in [0.25, 0.3) is 0 Å². The molecule has 2 aromatic rings. The van der Waals surface area contributed by atoms with E-state index >= 15 is 0 Å². The summed E-state index contributed by atoms with van der Waals surface area (Å²) in [5.41, 5.74) is 1.23. The Hall–Kier alpha value is -1.09. The lowest BCUT2D eigenvalue weighted by atomic mass is 10.2. The number of nitrogens with one attached hydrogen (secondary N) is 2. The van der Waals surface area contributed by atoms with Gasteiger partial charge in [-0.3, -0.25) is 9.67 Å². The third-order valence-electron chi connectivity index (χ3n) is 2.91. The largest absolute Gasteiger partial charge is 0.356 e. The first-order valence-corrected chi connectivity index (χ1v) is 7.46. The Kier molecular flexibility index (Phi) is 7.73. The van der Waals surface area contributed by atoms with Crippen molar-refractivity contribution in [2.45, 2.75) is 19.9 Å². The van der Waals surface area contributed by atoms with E-state index in [1.165, 1.54) is 15.3 Å². The molecule has 7 heteroatoms. The topological polar surface area (TPSA) is 54.2 Å². The van der Waals surface area contributed by atoms with Crippen LogP contribution in [0.4, 0.5) is 0 Å². The van der Waals surface area contributed by atoms with E-state index in [1.807, 2.05) is 35.5 Å². The minimum Gasteiger partial charge on any atom is -0.356 e. The van der Waals surface area contributed by atoms with Gasteiger partial charge in [0.2, 0.25) is 0 Å². The zero-order chi connectivity index (χ0) is 14.4. The van der Waals surface area contributed by atoms with Crippen LogP contribution in [0.5, 0.6) is 0 Å². The van der Waals surface area contributed by atoms with Crippen LogP contribution in [0, 0.1) is 6.92 Å². The molecule has 0 saturated heterocycles. The van der Waals surface area contributed by atoms with Crippen molar-refractivity contribution >= 4 is 41.3 Å². The summed E-state index contributed by atoms with van der Waals surface area (Å²) in [5, 5.41) is 10.8. The Morgan fingerprint density at radius 1 is 1.38 bits per heavy atom. The fraction of sp³-hybridized carbons (Fsp3) is 0.429. The van der Waals surface area contributed by atoms with Crippen LogP contribution in [0.15, 0.2) is 29.5 Å². The molecule has 0 saturated carbocycles. The minimum absolute atomic E-state index is 0. The predicted octanol–water partition coefficient (Wildman–Crippen LogP) is 2.32. The molecule has 0 unspecified atom stereocenters. The van der Waals surface area contributed by atoms with E-state index in [2.05, 4.69) is 39.8 Å². The first kappa shape index (κ1) is 18.0. The molecule has 2 aromatic heterocycles. The highest BCUT2D eigenvalue weighted by molar-refractivity contribution is 14.0. The molecule has 2 N–H and O–H groups in total. The standard InChI is InChI=1S/C14H21N5S.HI/c1-11-4-5-13(20-11)9-17-14(15-2)16-7-6-12-8-18-19(3)10-12;/h4-5,8,10H,6-7,9H2,1-3H3,(H2,15,16,17);1H. The van der Waals surface area contributed by atoms with Crippen molar-refractivity contribution < 1.29 is 0 Å². The van der Waals surface area contributed by atoms with Gasteiger partial charge < -0.3 is 10.6 Å². The van der Waals surface area contributed by atoms with Gasteiger partial charge >= 0.3 is 0 Å². The summed E-state index contributed by atoms with van der Waals surface area (Å²) in [7, 11) is 3.72. The average Bonchev–Trinajstić information content (AvgIpc) is 3.02. The lowest BCUT2D eigenvalue weighted by molar-refractivity contribution is 0.765. The normalized spacial score (nSPS) is 11.1. The molecule has 2 heterocycles. The third kappa shape index (κ3) is 6.04. The van der Waals surface area contributed by atoms with Crippen LogP contribution in [0.3, 0.4) is 0 Å². The predicted molar refractivity (Wildman–Crippen MR) is 99.6 cm³/mol. The lowest BCUT2D eigenvalue weighted by Crippen LogP contribution is -2.37. The zero-order valence-electron chi connectivity index (χ0n) is 12.6. The fourth-order valence-corrected chi connectivity index (χ4v) is 2.73. The molecule has 0 aliphatic heterocycles. The van der Waals surface area contributed by atoms with Gasteiger partial charge in [0.25, 0.3) is 0 Å². The smallest absolute Gasteiger partial charge is 0.191 e. The van der Waals surface area contributed by atoms with Gasteiger partial charge in [-0.2, -0.15) is 5.10 Å².